The Hall–Kier alpha value is -3.53. The molecule has 0 saturated heterocycles. The largest absolute Gasteiger partial charge is 0.381 e. The van der Waals surface area contributed by atoms with Crippen LogP contribution in [0.2, 0.25) is 10.0 Å². The summed E-state index contributed by atoms with van der Waals surface area (Å²) in [7, 11) is 0. The van der Waals surface area contributed by atoms with Crippen molar-refractivity contribution in [2.24, 2.45) is 0 Å². The van der Waals surface area contributed by atoms with Crippen molar-refractivity contribution in [2.45, 2.75) is 25.2 Å². The van der Waals surface area contributed by atoms with E-state index in [2.05, 4.69) is 20.5 Å². The Morgan fingerprint density at radius 1 is 0.972 bits per heavy atom. The monoisotopic (exact) mass is 528 g/mol. The van der Waals surface area contributed by atoms with E-state index in [1.165, 1.54) is 28.1 Å². The minimum atomic E-state index is -1.78. The summed E-state index contributed by atoms with van der Waals surface area (Å²) < 4.78 is 31.2. The number of anilines is 1. The lowest BCUT2D eigenvalue weighted by Crippen LogP contribution is -2.37. The summed E-state index contributed by atoms with van der Waals surface area (Å²) in [4.78, 5) is 3.88. The molecule has 0 amide bonds. The second-order valence-electron chi connectivity index (χ2n) is 8.40. The third-order valence-corrected chi connectivity index (χ3v) is 6.54. The molecule has 1 atom stereocenters. The molecule has 3 aromatic carbocycles. The third-order valence-electron chi connectivity index (χ3n) is 5.83. The van der Waals surface area contributed by atoms with Gasteiger partial charge in [-0.1, -0.05) is 35.3 Å². The first kappa shape index (κ1) is 24.2. The van der Waals surface area contributed by atoms with Crippen molar-refractivity contribution in [3.8, 4) is 0 Å². The van der Waals surface area contributed by atoms with E-state index in [1.807, 2.05) is 18.2 Å². The maximum atomic E-state index is 14.7. The van der Waals surface area contributed by atoms with Crippen LogP contribution in [-0.4, -0.2) is 29.7 Å². The lowest BCUT2D eigenvalue weighted by molar-refractivity contribution is -0.00828. The molecule has 0 radical (unpaired) electrons. The smallest absolute Gasteiger partial charge is 0.137 e. The van der Waals surface area contributed by atoms with Crippen LogP contribution in [0.3, 0.4) is 0 Å². The van der Waals surface area contributed by atoms with E-state index in [1.54, 1.807) is 24.4 Å². The molecule has 2 N–H and O–H groups in total. The van der Waals surface area contributed by atoms with Crippen LogP contribution < -0.4 is 5.32 Å². The molecule has 1 unspecified atom stereocenters. The summed E-state index contributed by atoms with van der Waals surface area (Å²) in [5.41, 5.74) is 0.387. The molecule has 2 heterocycles. The zero-order valence-electron chi connectivity index (χ0n) is 18.7. The van der Waals surface area contributed by atoms with Gasteiger partial charge in [-0.3, -0.25) is 4.68 Å². The van der Waals surface area contributed by atoms with Gasteiger partial charge in [-0.15, -0.1) is 0 Å². The van der Waals surface area contributed by atoms with Gasteiger partial charge >= 0.3 is 0 Å². The van der Waals surface area contributed by atoms with Gasteiger partial charge in [0.2, 0.25) is 0 Å². The molecule has 184 valence electrons. The number of hydrogen-bond acceptors (Lipinski definition) is 5. The van der Waals surface area contributed by atoms with Crippen LogP contribution in [0.4, 0.5) is 14.5 Å². The summed E-state index contributed by atoms with van der Waals surface area (Å²) >= 11 is 12.5. The molecule has 0 fully saturated rings. The molecule has 0 aliphatic rings. The Morgan fingerprint density at radius 2 is 1.75 bits per heavy atom. The van der Waals surface area contributed by atoms with Crippen molar-refractivity contribution in [3.05, 3.63) is 106 Å². The van der Waals surface area contributed by atoms with Crippen molar-refractivity contribution in [3.63, 3.8) is 0 Å². The second-order valence-corrected chi connectivity index (χ2v) is 9.22. The Morgan fingerprint density at radius 3 is 2.47 bits per heavy atom. The number of benzene rings is 3. The third kappa shape index (κ3) is 5.04. The average Bonchev–Trinajstić information content (AvgIpc) is 3.47. The van der Waals surface area contributed by atoms with Gasteiger partial charge in [-0.2, -0.15) is 10.2 Å². The number of aliphatic hydroxyl groups is 1. The van der Waals surface area contributed by atoms with E-state index in [4.69, 9.17) is 23.2 Å². The molecule has 0 bridgehead atoms. The maximum absolute atomic E-state index is 14.7. The summed E-state index contributed by atoms with van der Waals surface area (Å²) in [5, 5.41) is 25.4. The fourth-order valence-corrected chi connectivity index (χ4v) is 4.62. The van der Waals surface area contributed by atoms with Crippen molar-refractivity contribution < 1.29 is 13.9 Å². The van der Waals surface area contributed by atoms with Crippen molar-refractivity contribution >= 4 is 39.8 Å². The van der Waals surface area contributed by atoms with E-state index in [9.17, 15) is 13.9 Å². The topological polar surface area (TPSA) is 80.8 Å². The maximum Gasteiger partial charge on any atom is 0.137 e. The number of rotatable bonds is 8. The van der Waals surface area contributed by atoms with Crippen molar-refractivity contribution in [1.82, 2.24) is 24.5 Å². The zero-order valence-corrected chi connectivity index (χ0v) is 20.3. The molecule has 0 spiro atoms. The summed E-state index contributed by atoms with van der Waals surface area (Å²) in [6, 6.07) is 14.0. The van der Waals surface area contributed by atoms with E-state index in [0.717, 1.165) is 28.8 Å². The van der Waals surface area contributed by atoms with E-state index >= 15 is 0 Å². The predicted octanol–water partition coefficient (Wildman–Crippen LogP) is 5.41. The standard InChI is InChI=1S/C25H20Cl2F2N6O/c26-21-2-1-3-22(27)19(21)10-31-18-6-4-16-11-34(33-24(16)9-18)12-25(36,13-35-15-30-14-32-35)20-7-5-17(28)8-23(20)29/h1-9,11,14-15,31,36H,10,12-13H2. The van der Waals surface area contributed by atoms with Crippen LogP contribution in [0.1, 0.15) is 11.1 Å². The van der Waals surface area contributed by atoms with Crippen LogP contribution in [0.25, 0.3) is 10.9 Å². The van der Waals surface area contributed by atoms with Gasteiger partial charge < -0.3 is 10.4 Å². The fraction of sp³-hybridized carbons (Fsp3) is 0.160. The number of nitrogens with zero attached hydrogens (tertiary/aromatic N) is 5. The molecular formula is C25H20Cl2F2N6O. The number of halogens is 4. The van der Waals surface area contributed by atoms with E-state index < -0.39 is 17.2 Å². The predicted molar refractivity (Wildman–Crippen MR) is 134 cm³/mol. The summed E-state index contributed by atoms with van der Waals surface area (Å²) in [6.07, 6.45) is 4.47. The Labute approximate surface area is 214 Å². The fourth-order valence-electron chi connectivity index (χ4n) is 4.09. The number of hydrogen-bond donors (Lipinski definition) is 2. The summed E-state index contributed by atoms with van der Waals surface area (Å²) in [5.74, 6) is -1.60. The van der Waals surface area contributed by atoms with Crippen LogP contribution >= 0.6 is 23.2 Å². The first-order valence-corrected chi connectivity index (χ1v) is 11.7. The molecule has 0 aliphatic carbocycles. The van der Waals surface area contributed by atoms with Crippen molar-refractivity contribution in [2.75, 3.05) is 5.32 Å². The van der Waals surface area contributed by atoms with Crippen LogP contribution in [0.5, 0.6) is 0 Å². The molecule has 5 aromatic rings. The molecule has 11 heteroatoms. The number of nitrogens with one attached hydrogen (secondary N) is 1. The summed E-state index contributed by atoms with van der Waals surface area (Å²) in [6.45, 7) is 0.200. The van der Waals surface area contributed by atoms with Crippen LogP contribution in [-0.2, 0) is 25.2 Å². The molecule has 36 heavy (non-hydrogen) atoms. The molecule has 0 saturated carbocycles. The van der Waals surface area contributed by atoms with Gasteiger partial charge in [-0.05, 0) is 36.4 Å². The Balaban J connectivity index is 1.42. The minimum absolute atomic E-state index is 0.0714. The van der Waals surface area contributed by atoms with E-state index in [-0.39, 0.29) is 18.7 Å². The van der Waals surface area contributed by atoms with Gasteiger partial charge in [0.15, 0.2) is 0 Å². The lowest BCUT2D eigenvalue weighted by Gasteiger charge is -2.28. The zero-order chi connectivity index (χ0) is 25.3. The molecule has 2 aromatic heterocycles. The quantitative estimate of drug-likeness (QED) is 0.281. The second kappa shape index (κ2) is 9.85. The molecule has 7 nitrogen and oxygen atoms in total. The molecule has 5 rings (SSSR count). The SMILES string of the molecule is OC(Cn1cncn1)(Cn1cc2ccc(NCc3c(Cl)cccc3Cl)cc2n1)c1ccc(F)cc1F. The van der Waals surface area contributed by atoms with Gasteiger partial charge in [-0.25, -0.2) is 18.4 Å². The molecular weight excluding hydrogens is 509 g/mol. The number of fused-ring (bicyclic) bond motifs is 1. The van der Waals surface area contributed by atoms with Gasteiger partial charge in [0, 0.05) is 51.1 Å². The highest BCUT2D eigenvalue weighted by atomic mass is 35.5. The molecule has 0 aliphatic heterocycles. The van der Waals surface area contributed by atoms with Gasteiger partial charge in [0.05, 0.1) is 18.6 Å². The van der Waals surface area contributed by atoms with E-state index in [0.29, 0.717) is 22.1 Å². The first-order chi connectivity index (χ1) is 17.3. The highest BCUT2D eigenvalue weighted by Gasteiger charge is 2.34. The minimum Gasteiger partial charge on any atom is -0.381 e. The Kier molecular flexibility index (Phi) is 6.61. The highest BCUT2D eigenvalue weighted by Crippen LogP contribution is 2.30. The first-order valence-electron chi connectivity index (χ1n) is 10.9. The normalized spacial score (nSPS) is 13.1. The van der Waals surface area contributed by atoms with Crippen LogP contribution in [0.15, 0.2) is 73.4 Å². The number of aromatic nitrogens is 5. The highest BCUT2D eigenvalue weighted by molar-refractivity contribution is 6.36. The lowest BCUT2D eigenvalue weighted by atomic mass is 9.93. The van der Waals surface area contributed by atoms with Gasteiger partial charge in [0.1, 0.15) is 29.9 Å². The Bertz CT molecular complexity index is 1500. The van der Waals surface area contributed by atoms with Gasteiger partial charge in [0.25, 0.3) is 0 Å². The van der Waals surface area contributed by atoms with Crippen molar-refractivity contribution in [1.29, 1.82) is 0 Å². The average molecular weight is 529 g/mol. The van der Waals surface area contributed by atoms with Crippen LogP contribution in [0, 0.1) is 11.6 Å².